The number of hydrogen-bond acceptors (Lipinski definition) is 6. The predicted molar refractivity (Wildman–Crippen MR) is 586 cm³/mol. The van der Waals surface area contributed by atoms with Crippen molar-refractivity contribution < 1.29 is 0 Å². The van der Waals surface area contributed by atoms with Gasteiger partial charge >= 0.3 is 0 Å². The highest BCUT2D eigenvalue weighted by Gasteiger charge is 2.67. The van der Waals surface area contributed by atoms with Crippen molar-refractivity contribution >= 4 is 172 Å². The smallest absolute Gasteiger partial charge is 0.252 e. The van der Waals surface area contributed by atoms with Gasteiger partial charge < -0.3 is 29.4 Å². The van der Waals surface area contributed by atoms with E-state index < -0.39 is 0 Å². The number of rotatable bonds is 8. The lowest BCUT2D eigenvalue weighted by atomic mass is 9.32. The Hall–Kier alpha value is -12.7. The van der Waals surface area contributed by atoms with Crippen LogP contribution in [0.1, 0.15) is 198 Å². The van der Waals surface area contributed by atoms with Crippen LogP contribution in [0.2, 0.25) is 0 Å². The van der Waals surface area contributed by atoms with Gasteiger partial charge in [-0.25, -0.2) is 0 Å². The molecule has 36 rings (SSSR count). The number of nitrogens with zero attached hydrogens (tertiary/aromatic N) is 6. The summed E-state index contributed by atoms with van der Waals surface area (Å²) in [7, 11) is 0. The van der Waals surface area contributed by atoms with Gasteiger partial charge in [0, 0.05) is 102 Å². The van der Waals surface area contributed by atoms with Gasteiger partial charge in [-0.3, -0.25) is 0 Å². The lowest BCUT2D eigenvalue weighted by Gasteiger charge is -2.64. The molecule has 0 atom stereocenters. The average molecular weight is 1810 g/mol. The molecular formula is C131H121B3N6. The minimum Gasteiger partial charge on any atom is -0.311 e. The number of anilines is 18. The van der Waals surface area contributed by atoms with E-state index in [1.807, 2.05) is 0 Å². The zero-order valence-corrected chi connectivity index (χ0v) is 81.9. The third-order valence-electron chi connectivity index (χ3n) is 40.4. The molecule has 0 saturated heterocycles. The fourth-order valence-electron chi connectivity index (χ4n) is 35.8. The van der Waals surface area contributed by atoms with Crippen LogP contribution in [0, 0.1) is 77.9 Å². The molecule has 12 saturated carbocycles. The monoisotopic (exact) mass is 1810 g/mol. The van der Waals surface area contributed by atoms with Crippen molar-refractivity contribution in [1.82, 2.24) is 0 Å². The number of benzene rings is 15. The van der Waals surface area contributed by atoms with Gasteiger partial charge in [-0.15, -0.1) is 0 Å². The van der Waals surface area contributed by atoms with Gasteiger partial charge in [0.25, 0.3) is 20.1 Å². The van der Waals surface area contributed by atoms with Crippen LogP contribution in [-0.4, -0.2) is 20.1 Å². The van der Waals surface area contributed by atoms with Crippen molar-refractivity contribution in [3.63, 3.8) is 0 Å². The molecule has 684 valence electrons. The van der Waals surface area contributed by atoms with Crippen molar-refractivity contribution in [2.45, 2.75) is 186 Å². The Morgan fingerprint density at radius 2 is 0.479 bits per heavy atom. The summed E-state index contributed by atoms with van der Waals surface area (Å²) in [4.78, 5) is 15.8. The second-order valence-corrected chi connectivity index (χ2v) is 46.3. The Labute approximate surface area is 828 Å². The first-order chi connectivity index (χ1) is 69.0. The van der Waals surface area contributed by atoms with Gasteiger partial charge in [0.2, 0.25) is 0 Å². The largest absolute Gasteiger partial charge is 0.311 e. The van der Waals surface area contributed by atoms with Crippen LogP contribution in [0.4, 0.5) is 102 Å². The minimum absolute atomic E-state index is 0.122. The first-order valence-corrected chi connectivity index (χ1v) is 54.5. The normalized spacial score (nSPS) is 26.7. The van der Waals surface area contributed by atoms with E-state index in [0.29, 0.717) is 0 Å². The van der Waals surface area contributed by atoms with Gasteiger partial charge in [-0.2, -0.15) is 0 Å². The van der Waals surface area contributed by atoms with E-state index in [1.54, 1.807) is 33.4 Å². The lowest BCUT2D eigenvalue weighted by molar-refractivity contribution is -0.0419. The first-order valence-electron chi connectivity index (χ1n) is 54.5. The van der Waals surface area contributed by atoms with Gasteiger partial charge in [-0.1, -0.05) is 241 Å². The second-order valence-electron chi connectivity index (χ2n) is 46.3. The maximum Gasteiger partial charge on any atom is 0.252 e. The molecule has 0 radical (unpaired) electrons. The van der Waals surface area contributed by atoms with Crippen LogP contribution < -0.4 is 78.6 Å². The molecule has 21 aliphatic rings. The van der Waals surface area contributed by atoms with Crippen molar-refractivity contribution in [3.05, 3.63) is 376 Å². The molecule has 0 aromatic heterocycles. The number of aryl methyl sites for hydroxylation is 6. The number of para-hydroxylation sites is 7. The molecule has 3 spiro atoms. The molecule has 0 amide bonds. The number of fused-ring (bicyclic) bond motifs is 18. The van der Waals surface area contributed by atoms with Crippen molar-refractivity contribution in [2.75, 3.05) is 29.4 Å². The van der Waals surface area contributed by atoms with Crippen LogP contribution in [0.5, 0.6) is 0 Å². The average Bonchev–Trinajstić information content (AvgIpc) is 0.667. The first kappa shape index (κ1) is 82.1. The molecule has 12 fully saturated rings. The van der Waals surface area contributed by atoms with Crippen molar-refractivity contribution in [3.8, 4) is 0 Å². The molecule has 6 nitrogen and oxygen atoms in total. The van der Waals surface area contributed by atoms with Gasteiger partial charge in [0.1, 0.15) is 0 Å². The Morgan fingerprint density at radius 1 is 0.207 bits per heavy atom. The van der Waals surface area contributed by atoms with Crippen LogP contribution in [0.15, 0.2) is 309 Å². The minimum atomic E-state index is 0.122. The van der Waals surface area contributed by atoms with Crippen LogP contribution >= 0.6 is 0 Å². The fourth-order valence-corrected chi connectivity index (χ4v) is 35.8. The Bertz CT molecular complexity index is 7670. The molecule has 12 bridgehead atoms. The lowest BCUT2D eigenvalue weighted by Crippen LogP contribution is -2.64. The molecule has 0 unspecified atom stereocenters. The quantitative estimate of drug-likeness (QED) is 0.140. The second kappa shape index (κ2) is 30.2. The summed E-state index contributed by atoms with van der Waals surface area (Å²) in [5.74, 6) is 10.1. The summed E-state index contributed by atoms with van der Waals surface area (Å²) >= 11 is 0. The standard InChI is InChI=1S/2C44H41BN2.C43H39BN2/c1-3-27-15-18-33(19-16-27)46-39-13-8-14-40-42(39)45(36-20-17-28(4-2)26-41(36)46)37-11-7-10-35-43(37)47(40)38-12-6-5-9-34(38)44(35)31-22-29-21-30(24-31)25-32(44)23-29;1-3-27-15-18-33(19-16-27)46-39-20-17-28(4-2)26-37(39)45-36-11-7-10-35-43(36)47(41-14-8-13-40(46)42(41)45)38-12-6-5-9-34(38)44(35)31-22-29-21-30(24-31)25-32(44)23-29;1-3-27-17-19-32(20-18-27)45-38-15-8-16-39-40(38)44(35-12-6-9-26(2)41(35)45)36-13-7-11-34-42(36)46(39)37-14-5-4-10-33(37)43(34)30-22-28-21-29(24-30)25-31(43)23-28/h2*5-20,26,29-32H,3-4,21-25H2,1-2H3;4-20,28-31H,3,21-25H2,1-2H3. The van der Waals surface area contributed by atoms with E-state index in [1.165, 1.54) is 281 Å². The van der Waals surface area contributed by atoms with E-state index in [4.69, 9.17) is 0 Å². The Kier molecular flexibility index (Phi) is 17.7. The highest BCUT2D eigenvalue weighted by atomic mass is 15.2. The topological polar surface area (TPSA) is 19.4 Å². The van der Waals surface area contributed by atoms with Crippen LogP contribution in [-0.2, 0) is 48.3 Å². The fraction of sp³-hybridized carbons (Fsp3) is 0.313. The molecule has 9 aliphatic heterocycles. The highest BCUT2D eigenvalue weighted by Crippen LogP contribution is 2.74. The van der Waals surface area contributed by atoms with Crippen LogP contribution in [0.3, 0.4) is 0 Å². The van der Waals surface area contributed by atoms with Gasteiger partial charge in [0.05, 0.1) is 17.1 Å². The van der Waals surface area contributed by atoms with Crippen LogP contribution in [0.25, 0.3) is 0 Å². The number of hydrogen-bond donors (Lipinski definition) is 0. The van der Waals surface area contributed by atoms with E-state index in [0.717, 1.165) is 103 Å². The summed E-state index contributed by atoms with van der Waals surface area (Å²) in [6.07, 6.45) is 26.6. The van der Waals surface area contributed by atoms with E-state index >= 15 is 0 Å². The van der Waals surface area contributed by atoms with E-state index in [9.17, 15) is 0 Å². The SMILES string of the molecule is CCc1ccc(N2c3cc(CC)ccc3B3c4cccc5c4N(c4ccccc4C54C5CC6CC(C5)CC4C6)c4cccc2c43)cc1.CCc1ccc(N2c3ccc(CC)cc3B3c4cccc5c4N(c4ccccc4C54C5CC6CC(C5)CC4C6)c4cccc2c43)cc1.CCc1ccc(N2c3cccc4c3B(c3cccc(C)c32)c2cccc3c2N4c2ccccc2C32C3CC4CC(C3)CC2C4)cc1. The molecule has 140 heavy (non-hydrogen) atoms. The summed E-state index contributed by atoms with van der Waals surface area (Å²) in [5.41, 5.74) is 56.1. The maximum atomic E-state index is 2.71. The predicted octanol–water partition coefficient (Wildman–Crippen LogP) is 26.6. The molecule has 0 N–H and O–H groups in total. The molecular weight excluding hydrogens is 1690 g/mol. The summed E-state index contributed by atoms with van der Waals surface area (Å²) in [5, 5.41) is 0. The zero-order valence-electron chi connectivity index (χ0n) is 81.9. The Morgan fingerprint density at radius 3 is 0.850 bits per heavy atom. The summed E-state index contributed by atoms with van der Waals surface area (Å²) in [6.45, 7) is 14.2. The molecule has 15 aromatic carbocycles. The maximum absolute atomic E-state index is 2.71. The van der Waals surface area contributed by atoms with Crippen molar-refractivity contribution in [1.29, 1.82) is 0 Å². The van der Waals surface area contributed by atoms with E-state index in [2.05, 4.69) is 380 Å². The summed E-state index contributed by atoms with van der Waals surface area (Å²) in [6, 6.07) is 122. The van der Waals surface area contributed by atoms with Crippen molar-refractivity contribution in [2.24, 2.45) is 71.0 Å². The molecule has 9 heteroatoms. The molecule has 9 heterocycles. The third-order valence-corrected chi connectivity index (χ3v) is 40.4. The highest BCUT2D eigenvalue weighted by molar-refractivity contribution is 7.02. The van der Waals surface area contributed by atoms with Gasteiger partial charge in [-0.05, 0) is 425 Å². The molecule has 12 aliphatic carbocycles. The van der Waals surface area contributed by atoms with Gasteiger partial charge in [0.15, 0.2) is 0 Å². The Balaban J connectivity index is 0.0000000968. The third kappa shape index (κ3) is 10.8. The zero-order chi connectivity index (χ0) is 92.3. The molecule has 15 aromatic rings. The summed E-state index contributed by atoms with van der Waals surface area (Å²) < 4.78 is 0. The van der Waals surface area contributed by atoms with E-state index in [-0.39, 0.29) is 36.4 Å².